The van der Waals surface area contributed by atoms with Gasteiger partial charge < -0.3 is 15.7 Å². The molecule has 3 N–H and O–H groups in total. The van der Waals surface area contributed by atoms with Gasteiger partial charge in [0.15, 0.2) is 0 Å². The lowest BCUT2D eigenvalue weighted by molar-refractivity contribution is -0.135. The number of aliphatic hydroxyl groups excluding tert-OH is 1. The zero-order valence-corrected chi connectivity index (χ0v) is 12.2. The number of rotatable bonds is 6. The van der Waals surface area contributed by atoms with Gasteiger partial charge in [0.05, 0.1) is 18.2 Å². The van der Waals surface area contributed by atoms with Crippen molar-refractivity contribution in [2.75, 3.05) is 7.05 Å². The third-order valence-corrected chi connectivity index (χ3v) is 4.16. The summed E-state index contributed by atoms with van der Waals surface area (Å²) in [4.78, 5) is 13.8. The first-order chi connectivity index (χ1) is 9.50. The van der Waals surface area contributed by atoms with Gasteiger partial charge in [-0.2, -0.15) is 0 Å². The first kappa shape index (κ1) is 15.0. The van der Waals surface area contributed by atoms with E-state index in [2.05, 4.69) is 0 Å². The number of carbonyl (C=O) groups is 1. The molecular formula is C16H24N2O2. The lowest BCUT2D eigenvalue weighted by atomic mass is 10.0. The summed E-state index contributed by atoms with van der Waals surface area (Å²) in [6, 6.07) is 8.65. The molecule has 4 nitrogen and oxygen atoms in total. The number of carbonyl (C=O) groups excluding carboxylic acids is 1. The zero-order valence-electron chi connectivity index (χ0n) is 12.2. The summed E-state index contributed by atoms with van der Waals surface area (Å²) in [5, 5.41) is 10.3. The fraction of sp³-hybridized carbons (Fsp3) is 0.562. The van der Waals surface area contributed by atoms with Gasteiger partial charge in [-0.1, -0.05) is 43.2 Å². The fourth-order valence-electron chi connectivity index (χ4n) is 2.42. The molecule has 0 bridgehead atoms. The minimum Gasteiger partial charge on any atom is -0.386 e. The summed E-state index contributed by atoms with van der Waals surface area (Å²) in [5.41, 5.74) is 6.78. The van der Waals surface area contributed by atoms with Crippen LogP contribution >= 0.6 is 0 Å². The van der Waals surface area contributed by atoms with Crippen LogP contribution in [0.4, 0.5) is 0 Å². The van der Waals surface area contributed by atoms with Crippen LogP contribution in [0.25, 0.3) is 0 Å². The van der Waals surface area contributed by atoms with E-state index >= 15 is 0 Å². The molecule has 1 aliphatic carbocycles. The molecule has 0 heterocycles. The number of nitrogens with zero attached hydrogens (tertiary/aromatic N) is 1. The highest BCUT2D eigenvalue weighted by Crippen LogP contribution is 2.33. The highest BCUT2D eigenvalue weighted by Gasteiger charge is 2.31. The number of likely N-dealkylation sites (N-methyl/N-ethyl adjacent to an activating group) is 1. The Balaban J connectivity index is 1.96. The molecule has 0 spiro atoms. The van der Waals surface area contributed by atoms with Crippen molar-refractivity contribution >= 4 is 5.91 Å². The maximum atomic E-state index is 12.3. The van der Waals surface area contributed by atoms with E-state index < -0.39 is 12.1 Å². The van der Waals surface area contributed by atoms with E-state index in [0.717, 1.165) is 12.0 Å². The molecule has 20 heavy (non-hydrogen) atoms. The normalized spacial score (nSPS) is 19.2. The Morgan fingerprint density at radius 1 is 1.40 bits per heavy atom. The van der Waals surface area contributed by atoms with Gasteiger partial charge in [0, 0.05) is 7.05 Å². The van der Waals surface area contributed by atoms with Crippen molar-refractivity contribution in [2.45, 2.75) is 44.4 Å². The van der Waals surface area contributed by atoms with Crippen molar-refractivity contribution in [3.05, 3.63) is 35.9 Å². The fourth-order valence-corrected chi connectivity index (χ4v) is 2.42. The van der Waals surface area contributed by atoms with E-state index in [1.807, 2.05) is 37.3 Å². The lowest BCUT2D eigenvalue weighted by Crippen LogP contribution is -2.47. The number of aliphatic hydroxyl groups is 1. The van der Waals surface area contributed by atoms with Crippen molar-refractivity contribution in [3.63, 3.8) is 0 Å². The van der Waals surface area contributed by atoms with Crippen LogP contribution in [0, 0.1) is 5.92 Å². The molecule has 110 valence electrons. The molecule has 1 aliphatic rings. The molecule has 1 aromatic rings. The molecule has 1 saturated carbocycles. The molecule has 0 aromatic heterocycles. The largest absolute Gasteiger partial charge is 0.386 e. The monoisotopic (exact) mass is 276 g/mol. The molecule has 3 atom stereocenters. The van der Waals surface area contributed by atoms with Crippen LogP contribution in [0.3, 0.4) is 0 Å². The third-order valence-electron chi connectivity index (χ3n) is 4.16. The molecular weight excluding hydrogens is 252 g/mol. The minimum absolute atomic E-state index is 0.0839. The van der Waals surface area contributed by atoms with Gasteiger partial charge in [-0.15, -0.1) is 0 Å². The Morgan fingerprint density at radius 2 is 2.00 bits per heavy atom. The van der Waals surface area contributed by atoms with Crippen molar-refractivity contribution in [1.82, 2.24) is 4.90 Å². The maximum Gasteiger partial charge on any atom is 0.239 e. The summed E-state index contributed by atoms with van der Waals surface area (Å²) in [5.74, 6) is 0.538. The predicted molar refractivity (Wildman–Crippen MR) is 79.0 cm³/mol. The number of benzene rings is 1. The van der Waals surface area contributed by atoms with Crippen molar-refractivity contribution < 1.29 is 9.90 Å². The van der Waals surface area contributed by atoms with Crippen LogP contribution in [-0.4, -0.2) is 35.0 Å². The second-order valence-electron chi connectivity index (χ2n) is 5.83. The Labute approximate surface area is 120 Å². The van der Waals surface area contributed by atoms with Crippen molar-refractivity contribution in [3.8, 4) is 0 Å². The number of hydrogen-bond acceptors (Lipinski definition) is 3. The Morgan fingerprint density at radius 3 is 2.55 bits per heavy atom. The summed E-state index contributed by atoms with van der Waals surface area (Å²) >= 11 is 0. The summed E-state index contributed by atoms with van der Waals surface area (Å²) in [6.45, 7) is 1.85. The maximum absolute atomic E-state index is 12.3. The highest BCUT2D eigenvalue weighted by molar-refractivity contribution is 5.81. The number of amides is 1. The van der Waals surface area contributed by atoms with Crippen LogP contribution in [0.15, 0.2) is 30.3 Å². The van der Waals surface area contributed by atoms with Gasteiger partial charge in [0.2, 0.25) is 5.91 Å². The van der Waals surface area contributed by atoms with Gasteiger partial charge in [-0.3, -0.25) is 4.79 Å². The van der Waals surface area contributed by atoms with E-state index in [1.54, 1.807) is 11.9 Å². The smallest absolute Gasteiger partial charge is 0.239 e. The SMILES string of the molecule is C[C@@H]([C@@H](O)c1ccccc1)N(C)C(=O)[C@H](N)CC1CC1. The highest BCUT2D eigenvalue weighted by atomic mass is 16.3. The van der Waals surface area contributed by atoms with Crippen LogP contribution in [-0.2, 0) is 4.79 Å². The summed E-state index contributed by atoms with van der Waals surface area (Å²) < 4.78 is 0. The Bertz CT molecular complexity index is 445. The van der Waals surface area contributed by atoms with E-state index in [-0.39, 0.29) is 11.9 Å². The van der Waals surface area contributed by atoms with Crippen LogP contribution < -0.4 is 5.73 Å². The van der Waals surface area contributed by atoms with Gasteiger partial charge in [0.25, 0.3) is 0 Å². The first-order valence-corrected chi connectivity index (χ1v) is 7.26. The zero-order chi connectivity index (χ0) is 14.7. The average Bonchev–Trinajstić information content (AvgIpc) is 3.28. The van der Waals surface area contributed by atoms with E-state index in [9.17, 15) is 9.90 Å². The topological polar surface area (TPSA) is 66.6 Å². The second kappa shape index (κ2) is 6.37. The summed E-state index contributed by atoms with van der Waals surface area (Å²) in [6.07, 6.45) is 2.44. The van der Waals surface area contributed by atoms with Crippen LogP contribution in [0.5, 0.6) is 0 Å². The van der Waals surface area contributed by atoms with Crippen LogP contribution in [0.1, 0.15) is 37.9 Å². The molecule has 1 aromatic carbocycles. The molecule has 0 aliphatic heterocycles. The lowest BCUT2D eigenvalue weighted by Gasteiger charge is -2.31. The van der Waals surface area contributed by atoms with Crippen LogP contribution in [0.2, 0.25) is 0 Å². The average molecular weight is 276 g/mol. The van der Waals surface area contributed by atoms with Crippen molar-refractivity contribution in [1.29, 1.82) is 0 Å². The first-order valence-electron chi connectivity index (χ1n) is 7.26. The molecule has 0 unspecified atom stereocenters. The Kier molecular flexibility index (Phi) is 4.78. The molecule has 1 amide bonds. The van der Waals surface area contributed by atoms with Gasteiger partial charge in [-0.25, -0.2) is 0 Å². The molecule has 0 radical (unpaired) electrons. The van der Waals surface area contributed by atoms with E-state index in [4.69, 9.17) is 5.73 Å². The van der Waals surface area contributed by atoms with Gasteiger partial charge in [0.1, 0.15) is 0 Å². The number of hydrogen-bond donors (Lipinski definition) is 2. The second-order valence-corrected chi connectivity index (χ2v) is 5.83. The number of nitrogens with two attached hydrogens (primary N) is 1. The Hall–Kier alpha value is -1.39. The van der Waals surface area contributed by atoms with E-state index in [1.165, 1.54) is 12.8 Å². The predicted octanol–water partition coefficient (Wildman–Crippen LogP) is 1.69. The van der Waals surface area contributed by atoms with Crippen molar-refractivity contribution in [2.24, 2.45) is 11.7 Å². The summed E-state index contributed by atoms with van der Waals surface area (Å²) in [7, 11) is 1.71. The third kappa shape index (κ3) is 3.58. The van der Waals surface area contributed by atoms with Gasteiger partial charge in [-0.05, 0) is 24.8 Å². The molecule has 1 fully saturated rings. The van der Waals surface area contributed by atoms with E-state index in [0.29, 0.717) is 5.92 Å². The standard InChI is InChI=1S/C16H24N2O2/c1-11(15(19)13-6-4-3-5-7-13)18(2)16(20)14(17)10-12-8-9-12/h3-7,11-12,14-15,19H,8-10,17H2,1-2H3/t11-,14+,15+/m0/s1. The quantitative estimate of drug-likeness (QED) is 0.831. The molecule has 2 rings (SSSR count). The minimum atomic E-state index is -0.696. The van der Waals surface area contributed by atoms with Gasteiger partial charge >= 0.3 is 0 Å². The molecule has 0 saturated heterocycles. The molecule has 4 heteroatoms.